The maximum atomic E-state index is 11.3. The van der Waals surface area contributed by atoms with Gasteiger partial charge in [0.05, 0.1) is 16.3 Å². The lowest BCUT2D eigenvalue weighted by Gasteiger charge is -2.30. The van der Waals surface area contributed by atoms with Gasteiger partial charge in [-0.2, -0.15) is 11.8 Å². The normalized spacial score (nSPS) is 22.5. The quantitative estimate of drug-likeness (QED) is 0.739. The Bertz CT molecular complexity index is 510. The number of nitrogen functional groups attached to an aromatic ring is 1. The number of aromatic carboxylic acids is 1. The number of hydrogen-bond donors (Lipinski definition) is 3. The van der Waals surface area contributed by atoms with Crippen molar-refractivity contribution < 1.29 is 9.90 Å². The highest BCUT2D eigenvalue weighted by atomic mass is 35.5. The second-order valence-electron chi connectivity index (χ2n) is 5.10. The number of nitrogens with two attached hydrogens (primary N) is 1. The minimum atomic E-state index is -1.01. The van der Waals surface area contributed by atoms with E-state index in [9.17, 15) is 9.90 Å². The molecule has 2 atom stereocenters. The Balaban J connectivity index is 2.22. The van der Waals surface area contributed by atoms with E-state index in [1.165, 1.54) is 12.5 Å². The molecule has 0 heterocycles. The van der Waals surface area contributed by atoms with Crippen LogP contribution in [0, 0.1) is 0 Å². The maximum absolute atomic E-state index is 11.3. The van der Waals surface area contributed by atoms with Gasteiger partial charge in [-0.05, 0) is 37.7 Å². The van der Waals surface area contributed by atoms with E-state index >= 15 is 0 Å². The van der Waals surface area contributed by atoms with Gasteiger partial charge in [0, 0.05) is 17.0 Å². The van der Waals surface area contributed by atoms with E-state index < -0.39 is 5.97 Å². The lowest BCUT2D eigenvalue weighted by atomic mass is 9.94. The van der Waals surface area contributed by atoms with Gasteiger partial charge in [0.2, 0.25) is 0 Å². The molecule has 1 aliphatic rings. The van der Waals surface area contributed by atoms with E-state index in [0.29, 0.717) is 21.6 Å². The predicted octanol–water partition coefficient (Wildman–Crippen LogP) is 3.71. The summed E-state index contributed by atoms with van der Waals surface area (Å²) in [4.78, 5) is 11.3. The third-order valence-electron chi connectivity index (χ3n) is 3.65. The zero-order valence-corrected chi connectivity index (χ0v) is 12.9. The number of carbonyl (C=O) groups is 1. The number of benzene rings is 1. The van der Waals surface area contributed by atoms with Gasteiger partial charge < -0.3 is 16.2 Å². The molecular formula is C14H19ClN2O2S. The molecule has 1 fully saturated rings. The van der Waals surface area contributed by atoms with Crippen molar-refractivity contribution in [1.29, 1.82) is 0 Å². The van der Waals surface area contributed by atoms with Crippen LogP contribution in [0.25, 0.3) is 0 Å². The summed E-state index contributed by atoms with van der Waals surface area (Å²) in [5.74, 6) is -1.01. The van der Waals surface area contributed by atoms with E-state index in [0.717, 1.165) is 19.3 Å². The van der Waals surface area contributed by atoms with Crippen molar-refractivity contribution >= 4 is 40.7 Å². The molecule has 6 heteroatoms. The Morgan fingerprint density at radius 2 is 2.25 bits per heavy atom. The van der Waals surface area contributed by atoms with E-state index in [1.54, 1.807) is 6.07 Å². The number of nitrogens with one attached hydrogen (secondary N) is 1. The summed E-state index contributed by atoms with van der Waals surface area (Å²) in [5, 5.41) is 13.6. The number of carboxylic acids is 1. The van der Waals surface area contributed by atoms with Gasteiger partial charge in [-0.15, -0.1) is 0 Å². The number of thioether (sulfide) groups is 1. The molecule has 1 aliphatic carbocycles. The topological polar surface area (TPSA) is 75.3 Å². The zero-order valence-electron chi connectivity index (χ0n) is 11.4. The Kier molecular flexibility index (Phi) is 5.05. The molecule has 110 valence electrons. The van der Waals surface area contributed by atoms with Crippen LogP contribution in [0.4, 0.5) is 11.4 Å². The summed E-state index contributed by atoms with van der Waals surface area (Å²) >= 11 is 8.03. The number of carboxylic acid groups (broad SMARTS) is 1. The summed E-state index contributed by atoms with van der Waals surface area (Å²) in [5.41, 5.74) is 6.65. The Labute approximate surface area is 128 Å². The van der Waals surface area contributed by atoms with Gasteiger partial charge in [0.1, 0.15) is 0 Å². The predicted molar refractivity (Wildman–Crippen MR) is 86.0 cm³/mol. The van der Waals surface area contributed by atoms with Gasteiger partial charge in [0.15, 0.2) is 0 Å². The first-order chi connectivity index (χ1) is 9.51. The minimum absolute atomic E-state index is 0.140. The number of halogens is 1. The molecule has 0 spiro atoms. The van der Waals surface area contributed by atoms with Crippen LogP contribution in [0.3, 0.4) is 0 Å². The molecule has 4 nitrogen and oxygen atoms in total. The summed E-state index contributed by atoms with van der Waals surface area (Å²) < 4.78 is 0. The van der Waals surface area contributed by atoms with Gasteiger partial charge in [-0.1, -0.05) is 18.0 Å². The summed E-state index contributed by atoms with van der Waals surface area (Å²) in [6, 6.07) is 3.30. The molecule has 1 saturated carbocycles. The van der Waals surface area contributed by atoms with E-state index in [-0.39, 0.29) is 11.6 Å². The lowest BCUT2D eigenvalue weighted by molar-refractivity contribution is 0.0698. The highest BCUT2D eigenvalue weighted by molar-refractivity contribution is 7.99. The SMILES string of the molecule is CSC1CCCC(Nc2c(Cl)cc(N)cc2C(=O)O)C1. The van der Waals surface area contributed by atoms with Crippen LogP contribution < -0.4 is 11.1 Å². The number of rotatable bonds is 4. The van der Waals surface area contributed by atoms with Crippen LogP contribution >= 0.6 is 23.4 Å². The highest BCUT2D eigenvalue weighted by Gasteiger charge is 2.24. The fraction of sp³-hybridized carbons (Fsp3) is 0.500. The van der Waals surface area contributed by atoms with E-state index in [2.05, 4.69) is 11.6 Å². The summed E-state index contributed by atoms with van der Waals surface area (Å²) in [7, 11) is 0. The average molecular weight is 315 g/mol. The Morgan fingerprint density at radius 1 is 1.50 bits per heavy atom. The second kappa shape index (κ2) is 6.59. The molecule has 2 rings (SSSR count). The van der Waals surface area contributed by atoms with E-state index in [1.807, 2.05) is 11.8 Å². The zero-order chi connectivity index (χ0) is 14.7. The van der Waals surface area contributed by atoms with Gasteiger partial charge >= 0.3 is 5.97 Å². The lowest BCUT2D eigenvalue weighted by Crippen LogP contribution is -2.29. The van der Waals surface area contributed by atoms with Crippen molar-refractivity contribution in [2.24, 2.45) is 0 Å². The fourth-order valence-corrected chi connectivity index (χ4v) is 3.75. The molecular weight excluding hydrogens is 296 g/mol. The fourth-order valence-electron chi connectivity index (χ4n) is 2.64. The molecule has 0 saturated heterocycles. The van der Waals surface area contributed by atoms with E-state index in [4.69, 9.17) is 17.3 Å². The molecule has 4 N–H and O–H groups in total. The third kappa shape index (κ3) is 3.52. The molecule has 1 aromatic carbocycles. The maximum Gasteiger partial charge on any atom is 0.337 e. The Hall–Kier alpha value is -1.07. The molecule has 1 aromatic rings. The second-order valence-corrected chi connectivity index (χ2v) is 6.64. The van der Waals surface area contributed by atoms with Crippen LogP contribution in [0.2, 0.25) is 5.02 Å². The highest BCUT2D eigenvalue weighted by Crippen LogP contribution is 2.34. The van der Waals surface area contributed by atoms with Gasteiger partial charge in [0.25, 0.3) is 0 Å². The van der Waals surface area contributed by atoms with Crippen molar-refractivity contribution in [3.63, 3.8) is 0 Å². The molecule has 0 bridgehead atoms. The van der Waals surface area contributed by atoms with Crippen molar-refractivity contribution in [2.45, 2.75) is 37.0 Å². The van der Waals surface area contributed by atoms with Crippen LogP contribution in [0.1, 0.15) is 36.0 Å². The number of hydrogen-bond acceptors (Lipinski definition) is 4. The van der Waals surface area contributed by atoms with Gasteiger partial charge in [-0.25, -0.2) is 4.79 Å². The number of anilines is 2. The first kappa shape index (κ1) is 15.3. The smallest absolute Gasteiger partial charge is 0.337 e. The van der Waals surface area contributed by atoms with Crippen molar-refractivity contribution in [2.75, 3.05) is 17.3 Å². The molecule has 0 aromatic heterocycles. The standard InChI is InChI=1S/C14H19ClN2O2S/c1-20-10-4-2-3-9(7-10)17-13-11(14(18)19)5-8(16)6-12(13)15/h5-6,9-10,17H,2-4,7,16H2,1H3,(H,18,19). The first-order valence-electron chi connectivity index (χ1n) is 6.63. The van der Waals surface area contributed by atoms with Crippen molar-refractivity contribution in [3.05, 3.63) is 22.7 Å². The Morgan fingerprint density at radius 3 is 2.90 bits per heavy atom. The average Bonchev–Trinajstić information content (AvgIpc) is 2.41. The van der Waals surface area contributed by atoms with Crippen LogP contribution in [-0.4, -0.2) is 28.6 Å². The van der Waals surface area contributed by atoms with Crippen molar-refractivity contribution in [3.8, 4) is 0 Å². The summed E-state index contributed by atoms with van der Waals surface area (Å²) in [6.07, 6.45) is 6.56. The molecule has 0 amide bonds. The summed E-state index contributed by atoms with van der Waals surface area (Å²) in [6.45, 7) is 0. The van der Waals surface area contributed by atoms with Crippen LogP contribution in [0.5, 0.6) is 0 Å². The molecule has 0 aliphatic heterocycles. The van der Waals surface area contributed by atoms with Crippen LogP contribution in [0.15, 0.2) is 12.1 Å². The molecule has 0 radical (unpaired) electrons. The molecule has 20 heavy (non-hydrogen) atoms. The van der Waals surface area contributed by atoms with Crippen LogP contribution in [-0.2, 0) is 0 Å². The monoisotopic (exact) mass is 314 g/mol. The largest absolute Gasteiger partial charge is 0.478 e. The minimum Gasteiger partial charge on any atom is -0.478 e. The first-order valence-corrected chi connectivity index (χ1v) is 8.29. The third-order valence-corrected chi connectivity index (χ3v) is 5.04. The van der Waals surface area contributed by atoms with Gasteiger partial charge in [-0.3, -0.25) is 0 Å². The van der Waals surface area contributed by atoms with Crippen molar-refractivity contribution in [1.82, 2.24) is 0 Å². The molecule has 2 unspecified atom stereocenters.